The van der Waals surface area contributed by atoms with Crippen molar-refractivity contribution < 1.29 is 13.2 Å². The summed E-state index contributed by atoms with van der Waals surface area (Å²) in [5.74, 6) is -0.254. The number of nitrogens with one attached hydrogen (secondary N) is 1. The molecule has 1 heterocycles. The van der Waals surface area contributed by atoms with E-state index < -0.39 is 16.1 Å². The molecule has 4 rings (SSSR count). The SMILES string of the molecule is N#Cc1cccc(CN2CC[C@H](NS(=O)(=O)c3cccc4ccccc34)C2=O)c1. The van der Waals surface area contributed by atoms with Gasteiger partial charge in [0.25, 0.3) is 0 Å². The summed E-state index contributed by atoms with van der Waals surface area (Å²) in [5.41, 5.74) is 1.37. The first-order chi connectivity index (χ1) is 14.0. The Morgan fingerprint density at radius 2 is 1.83 bits per heavy atom. The normalized spacial score (nSPS) is 16.9. The van der Waals surface area contributed by atoms with Crippen molar-refractivity contribution in [1.82, 2.24) is 9.62 Å². The fourth-order valence-electron chi connectivity index (χ4n) is 3.65. The summed E-state index contributed by atoms with van der Waals surface area (Å²) in [6, 6.07) is 20.7. The van der Waals surface area contributed by atoms with E-state index in [-0.39, 0.29) is 10.8 Å². The van der Waals surface area contributed by atoms with Gasteiger partial charge >= 0.3 is 0 Å². The van der Waals surface area contributed by atoms with Crippen LogP contribution in [0.3, 0.4) is 0 Å². The highest BCUT2D eigenvalue weighted by atomic mass is 32.2. The quantitative estimate of drug-likeness (QED) is 0.707. The van der Waals surface area contributed by atoms with E-state index >= 15 is 0 Å². The molecule has 1 N–H and O–H groups in total. The molecule has 1 aliphatic rings. The Morgan fingerprint density at radius 1 is 1.07 bits per heavy atom. The van der Waals surface area contributed by atoms with Gasteiger partial charge in [-0.2, -0.15) is 9.98 Å². The molecule has 1 amide bonds. The van der Waals surface area contributed by atoms with Crippen LogP contribution in [0.2, 0.25) is 0 Å². The molecule has 1 aliphatic heterocycles. The van der Waals surface area contributed by atoms with Crippen LogP contribution in [0, 0.1) is 11.3 Å². The summed E-state index contributed by atoms with van der Waals surface area (Å²) in [6.45, 7) is 0.805. The van der Waals surface area contributed by atoms with E-state index in [1.165, 1.54) is 0 Å². The average molecular weight is 405 g/mol. The van der Waals surface area contributed by atoms with Crippen LogP contribution in [0.1, 0.15) is 17.5 Å². The van der Waals surface area contributed by atoms with E-state index in [0.29, 0.717) is 30.5 Å². The summed E-state index contributed by atoms with van der Waals surface area (Å²) in [5, 5.41) is 10.5. The van der Waals surface area contributed by atoms with Gasteiger partial charge in [0.2, 0.25) is 15.9 Å². The van der Waals surface area contributed by atoms with Crippen LogP contribution in [0.5, 0.6) is 0 Å². The van der Waals surface area contributed by atoms with Gasteiger partial charge < -0.3 is 4.90 Å². The Morgan fingerprint density at radius 3 is 2.66 bits per heavy atom. The van der Waals surface area contributed by atoms with Crippen molar-refractivity contribution >= 4 is 26.7 Å². The molecule has 29 heavy (non-hydrogen) atoms. The first kappa shape index (κ1) is 19.1. The number of nitrogens with zero attached hydrogens (tertiary/aromatic N) is 2. The van der Waals surface area contributed by atoms with Crippen molar-refractivity contribution in [3.8, 4) is 6.07 Å². The molecule has 6 nitrogen and oxygen atoms in total. The van der Waals surface area contributed by atoms with Gasteiger partial charge in [-0.3, -0.25) is 4.79 Å². The van der Waals surface area contributed by atoms with E-state index in [2.05, 4.69) is 10.8 Å². The van der Waals surface area contributed by atoms with Crippen LogP contribution in [0.25, 0.3) is 10.8 Å². The summed E-state index contributed by atoms with van der Waals surface area (Å²) in [4.78, 5) is 14.6. The molecule has 0 spiro atoms. The number of fused-ring (bicyclic) bond motifs is 1. The molecule has 1 fully saturated rings. The minimum atomic E-state index is -3.85. The molecule has 146 valence electrons. The lowest BCUT2D eigenvalue weighted by atomic mass is 10.1. The third kappa shape index (κ3) is 3.86. The van der Waals surface area contributed by atoms with Crippen LogP contribution in [0.4, 0.5) is 0 Å². The maximum Gasteiger partial charge on any atom is 0.241 e. The lowest BCUT2D eigenvalue weighted by Gasteiger charge is -2.18. The predicted molar refractivity (Wildman–Crippen MR) is 109 cm³/mol. The average Bonchev–Trinajstić information content (AvgIpc) is 3.06. The molecule has 1 atom stereocenters. The van der Waals surface area contributed by atoms with Gasteiger partial charge in [0.15, 0.2) is 0 Å². The van der Waals surface area contributed by atoms with Crippen molar-refractivity contribution in [2.75, 3.05) is 6.54 Å². The monoisotopic (exact) mass is 405 g/mol. The van der Waals surface area contributed by atoms with Gasteiger partial charge in [0.05, 0.1) is 16.5 Å². The number of nitriles is 1. The zero-order valence-electron chi connectivity index (χ0n) is 15.6. The zero-order valence-corrected chi connectivity index (χ0v) is 16.4. The fraction of sp³-hybridized carbons (Fsp3) is 0.182. The highest BCUT2D eigenvalue weighted by molar-refractivity contribution is 7.89. The van der Waals surface area contributed by atoms with E-state index in [4.69, 9.17) is 5.26 Å². The van der Waals surface area contributed by atoms with Crippen molar-refractivity contribution in [2.24, 2.45) is 0 Å². The second-order valence-electron chi connectivity index (χ2n) is 7.01. The molecule has 1 saturated heterocycles. The smallest absolute Gasteiger partial charge is 0.241 e. The zero-order chi connectivity index (χ0) is 20.4. The number of amides is 1. The third-order valence-electron chi connectivity index (χ3n) is 5.06. The minimum Gasteiger partial charge on any atom is -0.337 e. The number of benzene rings is 3. The Labute approximate surface area is 169 Å². The van der Waals surface area contributed by atoms with Gasteiger partial charge in [-0.05, 0) is 35.6 Å². The number of hydrogen-bond donors (Lipinski definition) is 1. The van der Waals surface area contributed by atoms with E-state index in [1.54, 1.807) is 47.4 Å². The van der Waals surface area contributed by atoms with Crippen LogP contribution in [-0.4, -0.2) is 31.8 Å². The lowest BCUT2D eigenvalue weighted by molar-refractivity contribution is -0.129. The summed E-state index contributed by atoms with van der Waals surface area (Å²) < 4.78 is 28.5. The van der Waals surface area contributed by atoms with E-state index in [1.807, 2.05) is 24.3 Å². The highest BCUT2D eigenvalue weighted by Crippen LogP contribution is 2.24. The summed E-state index contributed by atoms with van der Waals surface area (Å²) >= 11 is 0. The molecule has 3 aromatic carbocycles. The third-order valence-corrected chi connectivity index (χ3v) is 6.59. The number of rotatable bonds is 5. The summed E-state index contributed by atoms with van der Waals surface area (Å²) in [7, 11) is -3.85. The second kappa shape index (κ2) is 7.66. The molecule has 0 bridgehead atoms. The number of carbonyl (C=O) groups excluding carboxylic acids is 1. The Balaban J connectivity index is 1.52. The topological polar surface area (TPSA) is 90.3 Å². The van der Waals surface area contributed by atoms with Gasteiger partial charge in [0, 0.05) is 18.5 Å². The van der Waals surface area contributed by atoms with Crippen LogP contribution >= 0.6 is 0 Å². The molecule has 3 aromatic rings. The number of hydrogen-bond acceptors (Lipinski definition) is 4. The molecule has 0 radical (unpaired) electrons. The second-order valence-corrected chi connectivity index (χ2v) is 8.69. The molecule has 0 unspecified atom stereocenters. The van der Waals surface area contributed by atoms with Crippen molar-refractivity contribution in [1.29, 1.82) is 5.26 Å². The first-order valence-electron chi connectivity index (χ1n) is 9.26. The van der Waals surface area contributed by atoms with Gasteiger partial charge in [-0.1, -0.05) is 48.5 Å². The Kier molecular flexibility index (Phi) is 5.05. The maximum atomic E-state index is 13.0. The van der Waals surface area contributed by atoms with Crippen molar-refractivity contribution in [3.05, 3.63) is 77.9 Å². The number of carbonyl (C=O) groups is 1. The van der Waals surface area contributed by atoms with Crippen LogP contribution in [0.15, 0.2) is 71.6 Å². The standard InChI is InChI=1S/C22H19N3O3S/c23-14-16-5-3-6-17(13-16)15-25-12-11-20(22(25)26)24-29(27,28)21-10-4-8-18-7-1-2-9-19(18)21/h1-10,13,20,24H,11-12,15H2/t20-/m0/s1. The number of sulfonamides is 1. The molecule has 0 aromatic heterocycles. The Bertz CT molecular complexity index is 1230. The Hall–Kier alpha value is -3.21. The molecular weight excluding hydrogens is 386 g/mol. The fourth-order valence-corrected chi connectivity index (χ4v) is 5.10. The summed E-state index contributed by atoms with van der Waals surface area (Å²) in [6.07, 6.45) is 0.404. The van der Waals surface area contributed by atoms with Crippen molar-refractivity contribution in [3.63, 3.8) is 0 Å². The molecule has 7 heteroatoms. The largest absolute Gasteiger partial charge is 0.337 e. The predicted octanol–water partition coefficient (Wildman–Crippen LogP) is 2.79. The van der Waals surface area contributed by atoms with E-state index in [9.17, 15) is 13.2 Å². The van der Waals surface area contributed by atoms with Gasteiger partial charge in [-0.15, -0.1) is 0 Å². The molecular formula is C22H19N3O3S. The minimum absolute atomic E-state index is 0.170. The van der Waals surface area contributed by atoms with Gasteiger partial charge in [0.1, 0.15) is 6.04 Å². The van der Waals surface area contributed by atoms with E-state index in [0.717, 1.165) is 10.9 Å². The maximum absolute atomic E-state index is 13.0. The molecule has 0 saturated carbocycles. The van der Waals surface area contributed by atoms with Gasteiger partial charge in [-0.25, -0.2) is 8.42 Å². The highest BCUT2D eigenvalue weighted by Gasteiger charge is 2.35. The first-order valence-corrected chi connectivity index (χ1v) is 10.7. The van der Waals surface area contributed by atoms with Crippen LogP contribution in [-0.2, 0) is 21.4 Å². The molecule has 0 aliphatic carbocycles. The lowest BCUT2D eigenvalue weighted by Crippen LogP contribution is -2.41. The number of likely N-dealkylation sites (tertiary alicyclic amines) is 1. The van der Waals surface area contributed by atoms with Crippen molar-refractivity contribution in [2.45, 2.75) is 23.9 Å². The van der Waals surface area contributed by atoms with Crippen LogP contribution < -0.4 is 4.72 Å².